The Kier molecular flexibility index (Phi) is 6.81. The first-order valence-corrected chi connectivity index (χ1v) is 12.1. The number of rotatable bonds is 7. The van der Waals surface area contributed by atoms with Gasteiger partial charge in [-0.1, -0.05) is 54.6 Å². The standard InChI is InChI=1S/C31H27N3O3/c1-21(23-13-15-26(16-14-23)31(36)37-2)33-30(35)27-7-5-6-25-17-19-34(29(25)27)20-22-9-11-24(12-10-22)28-8-3-4-18-32-28/h3-19,21H,20H2,1-2H3,(H,33,35)/t21-/m0/s1. The summed E-state index contributed by atoms with van der Waals surface area (Å²) in [5.74, 6) is -0.539. The summed E-state index contributed by atoms with van der Waals surface area (Å²) in [7, 11) is 1.35. The molecule has 5 rings (SSSR count). The van der Waals surface area contributed by atoms with Crippen molar-refractivity contribution in [3.63, 3.8) is 0 Å². The Morgan fingerprint density at radius 3 is 2.41 bits per heavy atom. The van der Waals surface area contributed by atoms with Gasteiger partial charge in [-0.15, -0.1) is 0 Å². The van der Waals surface area contributed by atoms with Crippen molar-refractivity contribution in [3.05, 3.63) is 126 Å². The number of fused-ring (bicyclic) bond motifs is 1. The van der Waals surface area contributed by atoms with Gasteiger partial charge in [-0.05, 0) is 54.4 Å². The Morgan fingerprint density at radius 1 is 0.919 bits per heavy atom. The van der Waals surface area contributed by atoms with Crippen LogP contribution in [0, 0.1) is 0 Å². The van der Waals surface area contributed by atoms with E-state index in [2.05, 4.69) is 39.1 Å². The minimum atomic E-state index is -0.387. The van der Waals surface area contributed by atoms with E-state index in [1.807, 2.05) is 67.7 Å². The summed E-state index contributed by atoms with van der Waals surface area (Å²) in [6.45, 7) is 2.56. The summed E-state index contributed by atoms with van der Waals surface area (Å²) < 4.78 is 6.87. The van der Waals surface area contributed by atoms with Gasteiger partial charge in [0.25, 0.3) is 5.91 Å². The molecule has 184 valence electrons. The summed E-state index contributed by atoms with van der Waals surface area (Å²) in [6, 6.07) is 28.8. The number of para-hydroxylation sites is 1. The number of carbonyl (C=O) groups excluding carboxylic acids is 2. The number of ether oxygens (including phenoxy) is 1. The lowest BCUT2D eigenvalue weighted by molar-refractivity contribution is 0.0600. The van der Waals surface area contributed by atoms with Gasteiger partial charge in [0.2, 0.25) is 0 Å². The zero-order chi connectivity index (χ0) is 25.8. The first kappa shape index (κ1) is 24.0. The molecular formula is C31H27N3O3. The average Bonchev–Trinajstić information content (AvgIpc) is 3.36. The van der Waals surface area contributed by atoms with Gasteiger partial charge in [0.05, 0.1) is 35.5 Å². The fourth-order valence-electron chi connectivity index (χ4n) is 4.47. The van der Waals surface area contributed by atoms with Crippen molar-refractivity contribution in [1.82, 2.24) is 14.9 Å². The van der Waals surface area contributed by atoms with Gasteiger partial charge in [0.1, 0.15) is 0 Å². The number of aromatic nitrogens is 2. The maximum atomic E-state index is 13.4. The highest BCUT2D eigenvalue weighted by Crippen LogP contribution is 2.24. The summed E-state index contributed by atoms with van der Waals surface area (Å²) in [5.41, 5.74) is 6.01. The van der Waals surface area contributed by atoms with Crippen LogP contribution in [0.1, 0.15) is 44.8 Å². The highest BCUT2D eigenvalue weighted by atomic mass is 16.5. The fourth-order valence-corrected chi connectivity index (χ4v) is 4.47. The van der Waals surface area contributed by atoms with Crippen molar-refractivity contribution in [2.75, 3.05) is 7.11 Å². The molecule has 2 aromatic heterocycles. The molecule has 1 atom stereocenters. The topological polar surface area (TPSA) is 73.2 Å². The molecule has 1 amide bonds. The summed E-state index contributed by atoms with van der Waals surface area (Å²) in [5, 5.41) is 4.11. The second kappa shape index (κ2) is 10.5. The minimum absolute atomic E-state index is 0.152. The Balaban J connectivity index is 1.36. The zero-order valence-corrected chi connectivity index (χ0v) is 20.7. The predicted octanol–water partition coefficient (Wildman–Crippen LogP) is 6.03. The van der Waals surface area contributed by atoms with Crippen molar-refractivity contribution in [3.8, 4) is 11.3 Å². The lowest BCUT2D eigenvalue weighted by Crippen LogP contribution is -2.27. The monoisotopic (exact) mass is 489 g/mol. The van der Waals surface area contributed by atoms with Crippen molar-refractivity contribution in [2.24, 2.45) is 0 Å². The van der Waals surface area contributed by atoms with E-state index in [4.69, 9.17) is 4.74 Å². The van der Waals surface area contributed by atoms with E-state index < -0.39 is 0 Å². The van der Waals surface area contributed by atoms with Crippen LogP contribution in [0.3, 0.4) is 0 Å². The highest BCUT2D eigenvalue weighted by Gasteiger charge is 2.17. The first-order chi connectivity index (χ1) is 18.0. The van der Waals surface area contributed by atoms with Crippen LogP contribution >= 0.6 is 0 Å². The quantitative estimate of drug-likeness (QED) is 0.283. The number of esters is 1. The van der Waals surface area contributed by atoms with E-state index in [1.54, 1.807) is 18.3 Å². The normalized spacial score (nSPS) is 11.7. The summed E-state index contributed by atoms with van der Waals surface area (Å²) >= 11 is 0. The number of nitrogens with zero attached hydrogens (tertiary/aromatic N) is 2. The van der Waals surface area contributed by atoms with Crippen molar-refractivity contribution in [2.45, 2.75) is 19.5 Å². The van der Waals surface area contributed by atoms with Gasteiger partial charge in [-0.3, -0.25) is 9.78 Å². The third-order valence-electron chi connectivity index (χ3n) is 6.48. The van der Waals surface area contributed by atoms with Crippen molar-refractivity contribution < 1.29 is 14.3 Å². The fraction of sp³-hybridized carbons (Fsp3) is 0.129. The Morgan fingerprint density at radius 2 is 1.70 bits per heavy atom. The smallest absolute Gasteiger partial charge is 0.337 e. The van der Waals surface area contributed by atoms with Gasteiger partial charge in [-0.2, -0.15) is 0 Å². The first-order valence-electron chi connectivity index (χ1n) is 12.1. The molecule has 0 bridgehead atoms. The third-order valence-corrected chi connectivity index (χ3v) is 6.48. The molecule has 2 heterocycles. The second-order valence-corrected chi connectivity index (χ2v) is 8.91. The molecule has 37 heavy (non-hydrogen) atoms. The molecule has 0 fully saturated rings. The maximum Gasteiger partial charge on any atom is 0.337 e. The number of benzene rings is 3. The molecule has 0 saturated heterocycles. The predicted molar refractivity (Wildman–Crippen MR) is 144 cm³/mol. The molecule has 0 radical (unpaired) electrons. The van der Waals surface area contributed by atoms with Crippen LogP contribution in [0.4, 0.5) is 0 Å². The van der Waals surface area contributed by atoms with Crippen LogP contribution < -0.4 is 5.32 Å². The van der Waals surface area contributed by atoms with E-state index in [-0.39, 0.29) is 17.9 Å². The number of hydrogen-bond acceptors (Lipinski definition) is 4. The molecular weight excluding hydrogens is 462 g/mol. The number of amides is 1. The van der Waals surface area contributed by atoms with Crippen molar-refractivity contribution >= 4 is 22.8 Å². The minimum Gasteiger partial charge on any atom is -0.465 e. The Hall–Kier alpha value is -4.71. The van der Waals surface area contributed by atoms with E-state index >= 15 is 0 Å². The molecule has 6 heteroatoms. The van der Waals surface area contributed by atoms with Crippen LogP contribution in [0.25, 0.3) is 22.2 Å². The molecule has 0 saturated carbocycles. The molecule has 5 aromatic rings. The van der Waals surface area contributed by atoms with E-state index in [0.717, 1.165) is 33.3 Å². The SMILES string of the molecule is COC(=O)c1ccc([C@H](C)NC(=O)c2cccc3ccn(Cc4ccc(-c5ccccn5)cc4)c23)cc1. The lowest BCUT2D eigenvalue weighted by Gasteiger charge is -2.16. The van der Waals surface area contributed by atoms with Gasteiger partial charge >= 0.3 is 5.97 Å². The van der Waals surface area contributed by atoms with Crippen LogP contribution in [-0.4, -0.2) is 28.5 Å². The molecule has 1 N–H and O–H groups in total. The second-order valence-electron chi connectivity index (χ2n) is 8.91. The van der Waals surface area contributed by atoms with Gasteiger partial charge < -0.3 is 14.6 Å². The largest absolute Gasteiger partial charge is 0.465 e. The highest BCUT2D eigenvalue weighted by molar-refractivity contribution is 6.06. The van der Waals surface area contributed by atoms with Crippen LogP contribution in [0.2, 0.25) is 0 Å². The molecule has 6 nitrogen and oxygen atoms in total. The number of nitrogens with one attached hydrogen (secondary N) is 1. The number of methoxy groups -OCH3 is 1. The molecule has 0 aliphatic heterocycles. The van der Waals surface area contributed by atoms with E-state index in [9.17, 15) is 9.59 Å². The van der Waals surface area contributed by atoms with Gasteiger partial charge in [-0.25, -0.2) is 4.79 Å². The average molecular weight is 490 g/mol. The van der Waals surface area contributed by atoms with E-state index in [1.165, 1.54) is 7.11 Å². The number of carbonyl (C=O) groups is 2. The molecule has 3 aromatic carbocycles. The lowest BCUT2D eigenvalue weighted by atomic mass is 10.0. The molecule has 0 aliphatic rings. The molecule has 0 unspecified atom stereocenters. The van der Waals surface area contributed by atoms with Gasteiger partial charge in [0, 0.05) is 29.9 Å². The van der Waals surface area contributed by atoms with Gasteiger partial charge in [0.15, 0.2) is 0 Å². The summed E-state index contributed by atoms with van der Waals surface area (Å²) in [4.78, 5) is 29.5. The Bertz CT molecular complexity index is 1540. The number of pyridine rings is 1. The molecule has 0 aliphatic carbocycles. The van der Waals surface area contributed by atoms with Crippen LogP contribution in [0.15, 0.2) is 103 Å². The Labute approximate surface area is 215 Å². The molecule has 0 spiro atoms. The van der Waals surface area contributed by atoms with E-state index in [0.29, 0.717) is 17.7 Å². The van der Waals surface area contributed by atoms with Crippen molar-refractivity contribution in [1.29, 1.82) is 0 Å². The maximum absolute atomic E-state index is 13.4. The zero-order valence-electron chi connectivity index (χ0n) is 20.7. The third kappa shape index (κ3) is 5.14. The summed E-state index contributed by atoms with van der Waals surface area (Å²) in [6.07, 6.45) is 3.81. The van der Waals surface area contributed by atoms with Crippen LogP contribution in [0.5, 0.6) is 0 Å². The van der Waals surface area contributed by atoms with Crippen LogP contribution in [-0.2, 0) is 11.3 Å². The number of hydrogen-bond donors (Lipinski definition) is 1.